The summed E-state index contributed by atoms with van der Waals surface area (Å²) in [5.41, 5.74) is 0.658. The minimum absolute atomic E-state index is 0.0466. The van der Waals surface area contributed by atoms with Gasteiger partial charge >= 0.3 is 5.97 Å². The molecule has 0 aliphatic rings. The minimum Gasteiger partial charge on any atom is -0.493 e. The Hall–Kier alpha value is -2.50. The molecule has 0 bridgehead atoms. The Morgan fingerprint density at radius 3 is 2.72 bits per heavy atom. The van der Waals surface area contributed by atoms with Gasteiger partial charge in [0.05, 0.1) is 6.61 Å². The number of esters is 1. The Morgan fingerprint density at radius 1 is 1.39 bits per heavy atom. The molecular formula is C12H11N3O3. The van der Waals surface area contributed by atoms with Gasteiger partial charge in [-0.05, 0) is 19.1 Å². The number of hydrogen-bond donors (Lipinski definition) is 1. The molecule has 0 unspecified atom stereocenters. The van der Waals surface area contributed by atoms with Crippen molar-refractivity contribution in [2.45, 2.75) is 6.92 Å². The fraction of sp³-hybridized carbons (Fsp3) is 0.167. The molecule has 2 aromatic heterocycles. The highest BCUT2D eigenvalue weighted by molar-refractivity contribution is 5.91. The lowest BCUT2D eigenvalue weighted by Crippen LogP contribution is -2.07. The Kier molecular flexibility index (Phi) is 3.47. The lowest BCUT2D eigenvalue weighted by molar-refractivity contribution is 0.0521. The van der Waals surface area contributed by atoms with Crippen molar-refractivity contribution in [2.75, 3.05) is 6.61 Å². The number of aromatic hydroxyl groups is 1. The number of aromatic nitrogens is 3. The van der Waals surface area contributed by atoms with Gasteiger partial charge in [-0.3, -0.25) is 4.98 Å². The summed E-state index contributed by atoms with van der Waals surface area (Å²) in [5, 5.41) is 9.68. The summed E-state index contributed by atoms with van der Waals surface area (Å²) >= 11 is 0. The van der Waals surface area contributed by atoms with Crippen molar-refractivity contribution in [1.82, 2.24) is 15.0 Å². The van der Waals surface area contributed by atoms with Gasteiger partial charge in [-0.15, -0.1) is 0 Å². The van der Waals surface area contributed by atoms with Crippen LogP contribution in [0.1, 0.15) is 17.3 Å². The van der Waals surface area contributed by atoms with Crippen molar-refractivity contribution in [1.29, 1.82) is 0 Å². The second-order valence-electron chi connectivity index (χ2n) is 3.39. The van der Waals surface area contributed by atoms with Crippen molar-refractivity contribution >= 4 is 5.97 Å². The van der Waals surface area contributed by atoms with Crippen LogP contribution in [0.3, 0.4) is 0 Å². The van der Waals surface area contributed by atoms with Crippen molar-refractivity contribution in [3.63, 3.8) is 0 Å². The van der Waals surface area contributed by atoms with Crippen LogP contribution < -0.4 is 0 Å². The predicted molar refractivity (Wildman–Crippen MR) is 62.9 cm³/mol. The first-order valence-corrected chi connectivity index (χ1v) is 5.36. The first-order chi connectivity index (χ1) is 8.72. The van der Waals surface area contributed by atoms with Gasteiger partial charge in [0.1, 0.15) is 5.56 Å². The Labute approximate surface area is 103 Å². The number of carbonyl (C=O) groups is 1. The summed E-state index contributed by atoms with van der Waals surface area (Å²) in [6.07, 6.45) is 4.43. The third-order valence-corrected chi connectivity index (χ3v) is 2.20. The van der Waals surface area contributed by atoms with E-state index < -0.39 is 11.8 Å². The van der Waals surface area contributed by atoms with Crippen LogP contribution >= 0.6 is 0 Å². The highest BCUT2D eigenvalue weighted by Gasteiger charge is 2.15. The van der Waals surface area contributed by atoms with E-state index >= 15 is 0 Å². The molecule has 6 heteroatoms. The molecule has 92 valence electrons. The smallest absolute Gasteiger partial charge is 0.345 e. The maximum absolute atomic E-state index is 11.4. The lowest BCUT2D eigenvalue weighted by Gasteiger charge is -2.05. The molecule has 0 atom stereocenters. The standard InChI is InChI=1S/C12H11N3O3/c1-2-18-12(17)9-7-14-10(15-11(9)16)8-3-5-13-6-4-8/h3-7H,2H2,1H3,(H,14,15,16). The normalized spacial score (nSPS) is 10.1. The lowest BCUT2D eigenvalue weighted by atomic mass is 10.2. The number of rotatable bonds is 3. The van der Waals surface area contributed by atoms with Crippen LogP contribution in [-0.4, -0.2) is 32.6 Å². The first-order valence-electron chi connectivity index (χ1n) is 5.36. The fourth-order valence-corrected chi connectivity index (χ4v) is 1.37. The SMILES string of the molecule is CCOC(=O)c1cnc(-c2ccncc2)nc1O. The van der Waals surface area contributed by atoms with Gasteiger partial charge in [0.2, 0.25) is 5.88 Å². The van der Waals surface area contributed by atoms with Crippen molar-refractivity contribution in [2.24, 2.45) is 0 Å². The number of carbonyl (C=O) groups excluding carboxylic acids is 1. The summed E-state index contributed by atoms with van der Waals surface area (Å²) in [6.45, 7) is 1.91. The molecule has 0 spiro atoms. The highest BCUT2D eigenvalue weighted by atomic mass is 16.5. The van der Waals surface area contributed by atoms with E-state index in [1.807, 2.05) is 0 Å². The van der Waals surface area contributed by atoms with Gasteiger partial charge in [0.25, 0.3) is 0 Å². The van der Waals surface area contributed by atoms with Crippen LogP contribution in [-0.2, 0) is 4.74 Å². The van der Waals surface area contributed by atoms with Crippen LogP contribution in [0.5, 0.6) is 5.88 Å². The molecule has 0 aliphatic heterocycles. The summed E-state index contributed by atoms with van der Waals surface area (Å²) in [5.74, 6) is -0.713. The van der Waals surface area contributed by atoms with E-state index in [1.165, 1.54) is 6.20 Å². The molecule has 1 N–H and O–H groups in total. The van der Waals surface area contributed by atoms with Crippen molar-refractivity contribution in [3.8, 4) is 17.3 Å². The van der Waals surface area contributed by atoms with E-state index in [4.69, 9.17) is 4.74 Å². The van der Waals surface area contributed by atoms with Crippen LogP contribution in [0.15, 0.2) is 30.7 Å². The van der Waals surface area contributed by atoms with Gasteiger partial charge in [-0.25, -0.2) is 9.78 Å². The summed E-state index contributed by atoms with van der Waals surface area (Å²) in [7, 11) is 0. The molecule has 2 aromatic rings. The maximum atomic E-state index is 11.4. The van der Waals surface area contributed by atoms with Gasteiger partial charge in [0.15, 0.2) is 5.82 Å². The summed E-state index contributed by atoms with van der Waals surface area (Å²) in [6, 6.07) is 3.41. The second-order valence-corrected chi connectivity index (χ2v) is 3.39. The van der Waals surface area contributed by atoms with Crippen LogP contribution in [0.2, 0.25) is 0 Å². The van der Waals surface area contributed by atoms with Crippen molar-refractivity contribution < 1.29 is 14.6 Å². The highest BCUT2D eigenvalue weighted by Crippen LogP contribution is 2.19. The molecule has 0 amide bonds. The Balaban J connectivity index is 2.34. The molecular weight excluding hydrogens is 234 g/mol. The third kappa shape index (κ3) is 2.42. The summed E-state index contributed by atoms with van der Waals surface area (Å²) in [4.78, 5) is 23.2. The van der Waals surface area contributed by atoms with Crippen molar-refractivity contribution in [3.05, 3.63) is 36.3 Å². The Morgan fingerprint density at radius 2 is 2.11 bits per heavy atom. The number of hydrogen-bond acceptors (Lipinski definition) is 6. The number of pyridine rings is 1. The van der Waals surface area contributed by atoms with Crippen LogP contribution in [0.4, 0.5) is 0 Å². The first kappa shape index (κ1) is 12.0. The molecule has 2 heterocycles. The van der Waals surface area contributed by atoms with Gasteiger partial charge < -0.3 is 9.84 Å². The molecule has 2 rings (SSSR count). The third-order valence-electron chi connectivity index (χ3n) is 2.20. The molecule has 0 fully saturated rings. The zero-order valence-electron chi connectivity index (χ0n) is 9.70. The van der Waals surface area contributed by atoms with E-state index in [0.717, 1.165) is 0 Å². The summed E-state index contributed by atoms with van der Waals surface area (Å²) < 4.78 is 4.77. The van der Waals surface area contributed by atoms with E-state index in [0.29, 0.717) is 11.4 Å². The molecule has 6 nitrogen and oxygen atoms in total. The zero-order chi connectivity index (χ0) is 13.0. The molecule has 0 saturated heterocycles. The average molecular weight is 245 g/mol. The van der Waals surface area contributed by atoms with E-state index in [9.17, 15) is 9.90 Å². The predicted octanol–water partition coefficient (Wildman–Crippen LogP) is 1.42. The van der Waals surface area contributed by atoms with Gasteiger partial charge in [-0.1, -0.05) is 0 Å². The van der Waals surface area contributed by atoms with E-state index in [1.54, 1.807) is 31.5 Å². The molecule has 0 saturated carbocycles. The fourth-order valence-electron chi connectivity index (χ4n) is 1.37. The largest absolute Gasteiger partial charge is 0.493 e. The molecule has 18 heavy (non-hydrogen) atoms. The van der Waals surface area contributed by atoms with Gasteiger partial charge in [0, 0.05) is 24.2 Å². The molecule has 0 aromatic carbocycles. The topological polar surface area (TPSA) is 85.2 Å². The van der Waals surface area contributed by atoms with Crippen LogP contribution in [0.25, 0.3) is 11.4 Å². The van der Waals surface area contributed by atoms with Crippen LogP contribution in [0, 0.1) is 0 Å². The van der Waals surface area contributed by atoms with E-state index in [-0.39, 0.29) is 12.2 Å². The second kappa shape index (κ2) is 5.22. The van der Waals surface area contributed by atoms with Gasteiger partial charge in [-0.2, -0.15) is 4.98 Å². The quantitative estimate of drug-likeness (QED) is 0.823. The Bertz CT molecular complexity index is 558. The minimum atomic E-state index is -0.642. The zero-order valence-corrected chi connectivity index (χ0v) is 9.70. The monoisotopic (exact) mass is 245 g/mol. The average Bonchev–Trinajstić information content (AvgIpc) is 2.40. The van der Waals surface area contributed by atoms with E-state index in [2.05, 4.69) is 15.0 Å². The molecule has 0 aliphatic carbocycles. The molecule has 0 radical (unpaired) electrons. The maximum Gasteiger partial charge on any atom is 0.345 e. The number of nitrogens with zero attached hydrogens (tertiary/aromatic N) is 3. The number of ether oxygens (including phenoxy) is 1.